The number of Topliss-reactive ketones (excluding diaryl/α,β-unsaturated/α-hetero) is 1. The van der Waals surface area contributed by atoms with Crippen LogP contribution in [-0.4, -0.2) is 16.9 Å². The topological polar surface area (TPSA) is 72.8 Å². The molecule has 37 heavy (non-hydrogen) atoms. The summed E-state index contributed by atoms with van der Waals surface area (Å²) in [5, 5.41) is 11.1. The third kappa shape index (κ3) is 7.12. The molecule has 0 bridgehead atoms. The molecule has 198 valence electrons. The summed E-state index contributed by atoms with van der Waals surface area (Å²) in [6, 6.07) is 10.8. The Bertz CT molecular complexity index is 1170. The standard InChI is InChI=1S/C32H40O5/c1-6-7-9-15-25-20-28(34)27(19-18-23(4)14-12-13-22(2)3)30-29(25)31(35)37-32(36-30,21-24(5)33)26-16-10-8-11-17-26/h8,10-11,13,16-18,20,34H,6-7,9,12,14-15,19,21H2,1-5H3. The zero-order valence-corrected chi connectivity index (χ0v) is 22.9. The highest BCUT2D eigenvalue weighted by Crippen LogP contribution is 2.46. The number of hydrogen-bond donors (Lipinski definition) is 1. The minimum Gasteiger partial charge on any atom is -0.508 e. The van der Waals surface area contributed by atoms with Crippen LogP contribution in [0.25, 0.3) is 0 Å². The van der Waals surface area contributed by atoms with Gasteiger partial charge in [0.05, 0.1) is 6.42 Å². The van der Waals surface area contributed by atoms with Crippen molar-refractivity contribution in [3.63, 3.8) is 0 Å². The minimum absolute atomic E-state index is 0.0954. The fraction of sp³-hybridized carbons (Fsp3) is 0.438. The molecule has 0 fully saturated rings. The predicted octanol–water partition coefficient (Wildman–Crippen LogP) is 7.74. The Morgan fingerprint density at radius 3 is 2.41 bits per heavy atom. The molecule has 0 aromatic heterocycles. The number of carbonyl (C=O) groups excluding carboxylic acids is 2. The van der Waals surface area contributed by atoms with Crippen LogP contribution in [-0.2, 0) is 28.2 Å². The molecule has 0 spiro atoms. The summed E-state index contributed by atoms with van der Waals surface area (Å²) in [4.78, 5) is 25.9. The summed E-state index contributed by atoms with van der Waals surface area (Å²) in [6.07, 6.45) is 9.98. The molecule has 1 unspecified atom stereocenters. The van der Waals surface area contributed by atoms with Gasteiger partial charge in [0.1, 0.15) is 22.8 Å². The zero-order chi connectivity index (χ0) is 27.0. The first-order chi connectivity index (χ1) is 17.7. The van der Waals surface area contributed by atoms with Gasteiger partial charge in [-0.15, -0.1) is 0 Å². The van der Waals surface area contributed by atoms with Gasteiger partial charge < -0.3 is 14.6 Å². The van der Waals surface area contributed by atoms with Crippen molar-refractivity contribution in [3.05, 3.63) is 82.0 Å². The van der Waals surface area contributed by atoms with Crippen LogP contribution >= 0.6 is 0 Å². The van der Waals surface area contributed by atoms with Crippen molar-refractivity contribution >= 4 is 11.8 Å². The van der Waals surface area contributed by atoms with Gasteiger partial charge in [-0.1, -0.05) is 73.4 Å². The van der Waals surface area contributed by atoms with E-state index in [2.05, 4.69) is 39.8 Å². The Morgan fingerprint density at radius 2 is 1.76 bits per heavy atom. The summed E-state index contributed by atoms with van der Waals surface area (Å²) in [6.45, 7) is 9.82. The first-order valence-corrected chi connectivity index (χ1v) is 13.3. The molecular weight excluding hydrogens is 464 g/mol. The van der Waals surface area contributed by atoms with Crippen LogP contribution in [0, 0.1) is 0 Å². The molecule has 2 aromatic rings. The summed E-state index contributed by atoms with van der Waals surface area (Å²) in [7, 11) is 0. The van der Waals surface area contributed by atoms with Crippen LogP contribution in [0.1, 0.15) is 100 Å². The molecule has 3 rings (SSSR count). The quantitative estimate of drug-likeness (QED) is 0.182. The number of aromatic hydroxyl groups is 1. The highest BCUT2D eigenvalue weighted by Gasteiger charge is 2.47. The Balaban J connectivity index is 2.10. The Kier molecular flexibility index (Phi) is 9.73. The predicted molar refractivity (Wildman–Crippen MR) is 147 cm³/mol. The Morgan fingerprint density at radius 1 is 1.03 bits per heavy atom. The third-order valence-electron chi connectivity index (χ3n) is 6.66. The Hall–Kier alpha value is -3.34. The maximum atomic E-state index is 13.6. The van der Waals surface area contributed by atoms with Crippen LogP contribution in [0.4, 0.5) is 0 Å². The SMILES string of the molecule is CCCCCc1cc(O)c(CC=C(C)CCC=C(C)C)c2c1C(=O)OC(CC(C)=O)(c1ccccc1)O2. The molecule has 0 saturated carbocycles. The number of fused-ring (bicyclic) bond motifs is 1. The van der Waals surface area contributed by atoms with Gasteiger partial charge in [-0.2, -0.15) is 0 Å². The van der Waals surface area contributed by atoms with Crippen molar-refractivity contribution in [2.75, 3.05) is 0 Å². The maximum absolute atomic E-state index is 13.6. The minimum atomic E-state index is -1.58. The maximum Gasteiger partial charge on any atom is 0.345 e. The van der Waals surface area contributed by atoms with Gasteiger partial charge in [0.25, 0.3) is 5.79 Å². The van der Waals surface area contributed by atoms with Gasteiger partial charge in [-0.25, -0.2) is 4.79 Å². The lowest BCUT2D eigenvalue weighted by Gasteiger charge is -2.39. The number of aryl methyl sites for hydroxylation is 1. The Labute approximate surface area is 221 Å². The number of phenols is 1. The number of unbranched alkanes of at least 4 members (excludes halogenated alkanes) is 2. The molecule has 5 heteroatoms. The smallest absolute Gasteiger partial charge is 0.345 e. The lowest BCUT2D eigenvalue weighted by Crippen LogP contribution is -2.44. The third-order valence-corrected chi connectivity index (χ3v) is 6.66. The average Bonchev–Trinajstić information content (AvgIpc) is 2.83. The van der Waals surface area contributed by atoms with E-state index < -0.39 is 11.8 Å². The highest BCUT2D eigenvalue weighted by molar-refractivity contribution is 5.97. The number of hydrogen-bond acceptors (Lipinski definition) is 5. The van der Waals surface area contributed by atoms with E-state index in [0.717, 1.165) is 32.1 Å². The van der Waals surface area contributed by atoms with E-state index >= 15 is 0 Å². The number of ether oxygens (including phenoxy) is 2. The van der Waals surface area contributed by atoms with E-state index in [1.54, 1.807) is 18.2 Å². The second kappa shape index (κ2) is 12.8. The monoisotopic (exact) mass is 504 g/mol. The highest BCUT2D eigenvalue weighted by atomic mass is 16.7. The normalized spacial score (nSPS) is 17.0. The van der Waals surface area contributed by atoms with E-state index in [0.29, 0.717) is 40.8 Å². The summed E-state index contributed by atoms with van der Waals surface area (Å²) in [5.74, 6) is -1.86. The molecule has 0 aliphatic carbocycles. The first-order valence-electron chi connectivity index (χ1n) is 13.3. The zero-order valence-electron chi connectivity index (χ0n) is 22.9. The molecule has 0 saturated heterocycles. The van der Waals surface area contributed by atoms with Crippen molar-refractivity contribution in [3.8, 4) is 11.5 Å². The van der Waals surface area contributed by atoms with E-state index in [4.69, 9.17) is 9.47 Å². The lowest BCUT2D eigenvalue weighted by molar-refractivity contribution is -0.172. The van der Waals surface area contributed by atoms with Gasteiger partial charge in [0.2, 0.25) is 0 Å². The van der Waals surface area contributed by atoms with E-state index in [9.17, 15) is 14.7 Å². The van der Waals surface area contributed by atoms with Crippen LogP contribution in [0.15, 0.2) is 59.7 Å². The van der Waals surface area contributed by atoms with E-state index in [-0.39, 0.29) is 18.0 Å². The number of carbonyl (C=O) groups is 2. The number of cyclic esters (lactones) is 1. The van der Waals surface area contributed by atoms with Crippen LogP contribution in [0.2, 0.25) is 0 Å². The van der Waals surface area contributed by atoms with Gasteiger partial charge in [-0.3, -0.25) is 4.79 Å². The number of ketones is 1. The number of allylic oxidation sites excluding steroid dienone is 4. The van der Waals surface area contributed by atoms with Crippen LogP contribution in [0.3, 0.4) is 0 Å². The molecular formula is C32H40O5. The number of phenolic OH excluding ortho intramolecular Hbond substituents is 1. The second-order valence-electron chi connectivity index (χ2n) is 10.3. The van der Waals surface area contributed by atoms with Gasteiger partial charge >= 0.3 is 5.97 Å². The second-order valence-corrected chi connectivity index (χ2v) is 10.3. The summed E-state index contributed by atoms with van der Waals surface area (Å²) in [5.41, 5.74) is 4.66. The number of rotatable bonds is 12. The van der Waals surface area contributed by atoms with Crippen molar-refractivity contribution in [2.24, 2.45) is 0 Å². The van der Waals surface area contributed by atoms with E-state index in [1.807, 2.05) is 18.2 Å². The van der Waals surface area contributed by atoms with Gasteiger partial charge in [-0.05, 0) is 71.4 Å². The molecule has 1 aliphatic heterocycles. The molecule has 1 aliphatic rings. The van der Waals surface area contributed by atoms with Crippen LogP contribution in [0.5, 0.6) is 11.5 Å². The first kappa shape index (κ1) is 28.2. The summed E-state index contributed by atoms with van der Waals surface area (Å²) >= 11 is 0. The van der Waals surface area contributed by atoms with Crippen molar-refractivity contribution in [2.45, 2.75) is 91.8 Å². The van der Waals surface area contributed by atoms with Crippen molar-refractivity contribution in [1.82, 2.24) is 0 Å². The van der Waals surface area contributed by atoms with Crippen LogP contribution < -0.4 is 4.74 Å². The average molecular weight is 505 g/mol. The number of esters is 1. The fourth-order valence-corrected chi connectivity index (χ4v) is 4.70. The number of benzene rings is 2. The van der Waals surface area contributed by atoms with Crippen molar-refractivity contribution in [1.29, 1.82) is 0 Å². The van der Waals surface area contributed by atoms with Crippen molar-refractivity contribution < 1.29 is 24.2 Å². The molecule has 0 radical (unpaired) electrons. The molecule has 5 nitrogen and oxygen atoms in total. The van der Waals surface area contributed by atoms with E-state index in [1.165, 1.54) is 18.1 Å². The molecule has 1 heterocycles. The molecule has 1 N–H and O–H groups in total. The van der Waals surface area contributed by atoms with Gasteiger partial charge in [0, 0.05) is 11.1 Å². The summed E-state index contributed by atoms with van der Waals surface area (Å²) < 4.78 is 12.5. The fourth-order valence-electron chi connectivity index (χ4n) is 4.70. The lowest BCUT2D eigenvalue weighted by atomic mass is 9.92. The largest absolute Gasteiger partial charge is 0.508 e. The van der Waals surface area contributed by atoms with Gasteiger partial charge in [0.15, 0.2) is 0 Å². The molecule has 2 aromatic carbocycles. The molecule has 1 atom stereocenters. The molecule has 0 amide bonds.